The summed E-state index contributed by atoms with van der Waals surface area (Å²) >= 11 is 0. The molecule has 7 heteroatoms. The number of carbonyl (C=O) groups excluding carboxylic acids is 1. The summed E-state index contributed by atoms with van der Waals surface area (Å²) in [5.41, 5.74) is 3.28. The number of nitrogens with one attached hydrogen (secondary N) is 3. The van der Waals surface area contributed by atoms with E-state index in [2.05, 4.69) is 31.3 Å². The lowest BCUT2D eigenvalue weighted by molar-refractivity contribution is 0.262. The fourth-order valence-corrected chi connectivity index (χ4v) is 1.98. The van der Waals surface area contributed by atoms with Gasteiger partial charge in [-0.3, -0.25) is 0 Å². The molecule has 0 spiro atoms. The van der Waals surface area contributed by atoms with Gasteiger partial charge in [0.2, 0.25) is 5.82 Å². The highest BCUT2D eigenvalue weighted by Gasteiger charge is 2.06. The fourth-order valence-electron chi connectivity index (χ4n) is 1.98. The number of urea groups is 1. The van der Waals surface area contributed by atoms with E-state index in [4.69, 9.17) is 0 Å². The van der Waals surface area contributed by atoms with Crippen molar-refractivity contribution in [3.8, 4) is 11.4 Å². The zero-order valence-electron chi connectivity index (χ0n) is 11.9. The van der Waals surface area contributed by atoms with Crippen molar-refractivity contribution < 1.29 is 4.79 Å². The third kappa shape index (κ3) is 3.09. The molecule has 1 aromatic heterocycles. The first-order valence-corrected chi connectivity index (χ1v) is 6.70. The number of aromatic amines is 1. The number of carbonyl (C=O) groups is 1. The maximum atomic E-state index is 12.0. The number of anilines is 2. The van der Waals surface area contributed by atoms with Crippen LogP contribution in [0.15, 0.2) is 48.5 Å². The van der Waals surface area contributed by atoms with Crippen LogP contribution in [0.1, 0.15) is 5.56 Å². The molecule has 2 amide bonds. The number of para-hydroxylation sites is 1. The highest BCUT2D eigenvalue weighted by atomic mass is 16.2. The van der Waals surface area contributed by atoms with Gasteiger partial charge in [-0.25, -0.2) is 4.79 Å². The average molecular weight is 294 g/mol. The van der Waals surface area contributed by atoms with Gasteiger partial charge in [0, 0.05) is 16.9 Å². The Morgan fingerprint density at radius 3 is 2.50 bits per heavy atom. The summed E-state index contributed by atoms with van der Waals surface area (Å²) in [6.07, 6.45) is 0. The molecule has 3 aromatic rings. The van der Waals surface area contributed by atoms with E-state index in [0.717, 1.165) is 16.8 Å². The highest BCUT2D eigenvalue weighted by Crippen LogP contribution is 2.18. The van der Waals surface area contributed by atoms with Crippen LogP contribution in [0, 0.1) is 6.92 Å². The molecule has 0 saturated heterocycles. The predicted molar refractivity (Wildman–Crippen MR) is 83.4 cm³/mol. The Kier molecular flexibility index (Phi) is 3.78. The van der Waals surface area contributed by atoms with Gasteiger partial charge in [-0.2, -0.15) is 5.21 Å². The minimum Gasteiger partial charge on any atom is -0.308 e. The van der Waals surface area contributed by atoms with E-state index in [-0.39, 0.29) is 6.03 Å². The first-order valence-electron chi connectivity index (χ1n) is 6.70. The van der Waals surface area contributed by atoms with E-state index in [0.29, 0.717) is 11.5 Å². The van der Waals surface area contributed by atoms with E-state index < -0.39 is 0 Å². The summed E-state index contributed by atoms with van der Waals surface area (Å²) in [7, 11) is 0. The van der Waals surface area contributed by atoms with Crippen molar-refractivity contribution in [2.75, 3.05) is 10.6 Å². The summed E-state index contributed by atoms with van der Waals surface area (Å²) in [4.78, 5) is 12.0. The maximum absolute atomic E-state index is 12.0. The monoisotopic (exact) mass is 294 g/mol. The Bertz CT molecular complexity index is 767. The van der Waals surface area contributed by atoms with Crippen molar-refractivity contribution in [1.29, 1.82) is 0 Å². The Labute approximate surface area is 126 Å². The number of nitrogens with zero attached hydrogens (tertiary/aromatic N) is 3. The smallest absolute Gasteiger partial charge is 0.308 e. The van der Waals surface area contributed by atoms with Crippen LogP contribution >= 0.6 is 0 Å². The van der Waals surface area contributed by atoms with Gasteiger partial charge in [-0.15, -0.1) is 10.2 Å². The van der Waals surface area contributed by atoms with Crippen LogP contribution in [0.3, 0.4) is 0 Å². The molecule has 0 aliphatic carbocycles. The second-order valence-corrected chi connectivity index (χ2v) is 4.71. The molecule has 3 N–H and O–H groups in total. The Morgan fingerprint density at radius 1 is 1.05 bits per heavy atom. The lowest BCUT2D eigenvalue weighted by atomic mass is 10.2. The van der Waals surface area contributed by atoms with Crippen LogP contribution in [0.5, 0.6) is 0 Å². The summed E-state index contributed by atoms with van der Waals surface area (Å²) in [6, 6.07) is 14.5. The number of hydrogen-bond acceptors (Lipinski definition) is 4. The Morgan fingerprint density at radius 2 is 1.82 bits per heavy atom. The van der Waals surface area contributed by atoms with Crippen molar-refractivity contribution in [2.24, 2.45) is 0 Å². The van der Waals surface area contributed by atoms with Crippen LogP contribution in [0.4, 0.5) is 16.2 Å². The van der Waals surface area contributed by atoms with Crippen LogP contribution < -0.4 is 10.6 Å². The molecule has 2 aromatic carbocycles. The van der Waals surface area contributed by atoms with E-state index in [1.54, 1.807) is 12.1 Å². The third-order valence-corrected chi connectivity index (χ3v) is 3.14. The lowest BCUT2D eigenvalue weighted by Gasteiger charge is -2.09. The topological polar surface area (TPSA) is 95.6 Å². The van der Waals surface area contributed by atoms with Crippen LogP contribution in [-0.2, 0) is 0 Å². The van der Waals surface area contributed by atoms with Gasteiger partial charge in [-0.1, -0.05) is 18.2 Å². The molecule has 7 nitrogen and oxygen atoms in total. The molecule has 0 aliphatic rings. The van der Waals surface area contributed by atoms with Crippen LogP contribution in [0.25, 0.3) is 11.4 Å². The average Bonchev–Trinajstić information content (AvgIpc) is 3.05. The first-order chi connectivity index (χ1) is 10.7. The number of hydrogen-bond donors (Lipinski definition) is 3. The lowest BCUT2D eigenvalue weighted by Crippen LogP contribution is -2.19. The molecule has 22 heavy (non-hydrogen) atoms. The minimum absolute atomic E-state index is 0.290. The van der Waals surface area contributed by atoms with Gasteiger partial charge in [0.1, 0.15) is 0 Å². The highest BCUT2D eigenvalue weighted by molar-refractivity contribution is 6.00. The quantitative estimate of drug-likeness (QED) is 0.692. The van der Waals surface area contributed by atoms with Gasteiger partial charge in [0.25, 0.3) is 0 Å². The van der Waals surface area contributed by atoms with Gasteiger partial charge >= 0.3 is 6.03 Å². The minimum atomic E-state index is -0.290. The van der Waals surface area contributed by atoms with Crippen molar-refractivity contribution in [1.82, 2.24) is 20.6 Å². The van der Waals surface area contributed by atoms with Gasteiger partial charge in [0.05, 0.1) is 0 Å². The largest absolute Gasteiger partial charge is 0.323 e. The number of aryl methyl sites for hydroxylation is 1. The zero-order chi connectivity index (χ0) is 15.4. The first kappa shape index (κ1) is 13.7. The second-order valence-electron chi connectivity index (χ2n) is 4.71. The Balaban J connectivity index is 1.66. The third-order valence-electron chi connectivity index (χ3n) is 3.14. The molecule has 0 saturated carbocycles. The number of aromatic nitrogens is 4. The van der Waals surface area contributed by atoms with Gasteiger partial charge < -0.3 is 10.6 Å². The molecule has 0 bridgehead atoms. The normalized spacial score (nSPS) is 10.2. The Hall–Kier alpha value is -3.22. The van der Waals surface area contributed by atoms with Crippen LogP contribution in [-0.4, -0.2) is 26.7 Å². The van der Waals surface area contributed by atoms with E-state index in [1.165, 1.54) is 0 Å². The molecule has 3 rings (SSSR count). The van der Waals surface area contributed by atoms with Crippen molar-refractivity contribution in [3.05, 3.63) is 54.1 Å². The summed E-state index contributed by atoms with van der Waals surface area (Å²) < 4.78 is 0. The van der Waals surface area contributed by atoms with E-state index in [9.17, 15) is 4.79 Å². The van der Waals surface area contributed by atoms with Gasteiger partial charge in [-0.05, 0) is 48.0 Å². The summed E-state index contributed by atoms with van der Waals surface area (Å²) in [6.45, 7) is 1.94. The van der Waals surface area contributed by atoms with Crippen LogP contribution in [0.2, 0.25) is 0 Å². The summed E-state index contributed by atoms with van der Waals surface area (Å²) in [5.74, 6) is 0.510. The fraction of sp³-hybridized carbons (Fsp3) is 0.0667. The molecule has 1 heterocycles. The maximum Gasteiger partial charge on any atom is 0.323 e. The molecule has 0 radical (unpaired) electrons. The molecule has 0 unspecified atom stereocenters. The van der Waals surface area contributed by atoms with Crippen molar-refractivity contribution >= 4 is 17.4 Å². The standard InChI is InChI=1S/C15H14N6O/c1-10-4-2-3-5-13(10)17-15(22)16-12-8-6-11(7-9-12)14-18-20-21-19-14/h2-9H,1H3,(H2,16,17,22)(H,18,19,20,21). The molecular formula is C15H14N6O. The number of H-pyrrole nitrogens is 1. The predicted octanol–water partition coefficient (Wildman–Crippen LogP) is 2.82. The molecule has 0 fully saturated rings. The van der Waals surface area contributed by atoms with E-state index >= 15 is 0 Å². The SMILES string of the molecule is Cc1ccccc1NC(=O)Nc1ccc(-c2nn[nH]n2)cc1. The molecule has 0 atom stereocenters. The number of benzene rings is 2. The van der Waals surface area contributed by atoms with Gasteiger partial charge in [0.15, 0.2) is 0 Å². The number of rotatable bonds is 3. The molecule has 0 aliphatic heterocycles. The molecular weight excluding hydrogens is 280 g/mol. The zero-order valence-corrected chi connectivity index (χ0v) is 11.9. The molecule has 110 valence electrons. The number of tetrazole rings is 1. The van der Waals surface area contributed by atoms with Crippen molar-refractivity contribution in [3.63, 3.8) is 0 Å². The van der Waals surface area contributed by atoms with E-state index in [1.807, 2.05) is 43.3 Å². The summed E-state index contributed by atoms with van der Waals surface area (Å²) in [5, 5.41) is 19.3. The van der Waals surface area contributed by atoms with Crippen molar-refractivity contribution in [2.45, 2.75) is 6.92 Å². The second kappa shape index (κ2) is 6.04. The number of amides is 2.